The van der Waals surface area contributed by atoms with Crippen LogP contribution in [-0.2, 0) is 6.54 Å². The summed E-state index contributed by atoms with van der Waals surface area (Å²) in [4.78, 5) is 2.33. The molecule has 1 aliphatic rings. The summed E-state index contributed by atoms with van der Waals surface area (Å²) in [7, 11) is 1.67. The highest BCUT2D eigenvalue weighted by molar-refractivity contribution is 6.30. The minimum absolute atomic E-state index is 0.281. The summed E-state index contributed by atoms with van der Waals surface area (Å²) in [6.07, 6.45) is 1.07. The minimum atomic E-state index is 0.281. The van der Waals surface area contributed by atoms with Gasteiger partial charge >= 0.3 is 0 Å². The molecule has 1 heterocycles. The van der Waals surface area contributed by atoms with Crippen LogP contribution in [0.1, 0.15) is 12.0 Å². The Morgan fingerprint density at radius 2 is 2.35 bits per heavy atom. The predicted octanol–water partition coefficient (Wildman–Crippen LogP) is 2.16. The first-order valence-electron chi connectivity index (χ1n) is 5.88. The van der Waals surface area contributed by atoms with E-state index in [1.165, 1.54) is 0 Å². The van der Waals surface area contributed by atoms with Gasteiger partial charge in [-0.15, -0.1) is 0 Å². The Hall–Kier alpha value is -0.770. The maximum atomic E-state index is 9.12. The average molecular weight is 256 g/mol. The molecule has 0 aromatic heterocycles. The molecule has 3 nitrogen and oxygen atoms in total. The number of ether oxygens (including phenoxy) is 1. The van der Waals surface area contributed by atoms with Crippen LogP contribution in [0.3, 0.4) is 0 Å². The largest absolute Gasteiger partial charge is 0.496 e. The molecule has 0 radical (unpaired) electrons. The van der Waals surface area contributed by atoms with Gasteiger partial charge in [0.05, 0.1) is 7.11 Å². The van der Waals surface area contributed by atoms with Gasteiger partial charge in [0.2, 0.25) is 0 Å². The molecule has 4 heteroatoms. The maximum absolute atomic E-state index is 9.12. The molecular weight excluding hydrogens is 238 g/mol. The Kier molecular flexibility index (Phi) is 4.26. The van der Waals surface area contributed by atoms with Gasteiger partial charge in [-0.2, -0.15) is 0 Å². The molecule has 1 unspecified atom stereocenters. The third-order valence-corrected chi connectivity index (χ3v) is 3.50. The van der Waals surface area contributed by atoms with E-state index in [0.717, 1.165) is 42.4 Å². The number of halogens is 1. The normalized spacial score (nSPS) is 20.8. The molecule has 1 aromatic carbocycles. The highest BCUT2D eigenvalue weighted by atomic mass is 35.5. The quantitative estimate of drug-likeness (QED) is 0.895. The molecule has 94 valence electrons. The molecule has 0 spiro atoms. The summed E-state index contributed by atoms with van der Waals surface area (Å²) in [5, 5.41) is 9.86. The van der Waals surface area contributed by atoms with E-state index in [9.17, 15) is 0 Å². The van der Waals surface area contributed by atoms with Crippen molar-refractivity contribution in [3.05, 3.63) is 28.8 Å². The summed E-state index contributed by atoms with van der Waals surface area (Å²) < 4.78 is 5.33. The molecular formula is C13H18ClNO2. The van der Waals surface area contributed by atoms with Crippen LogP contribution in [0, 0.1) is 5.92 Å². The number of hydrogen-bond donors (Lipinski definition) is 1. The first-order chi connectivity index (χ1) is 8.22. The summed E-state index contributed by atoms with van der Waals surface area (Å²) >= 11 is 6.00. The second kappa shape index (κ2) is 5.71. The van der Waals surface area contributed by atoms with Crippen molar-refractivity contribution in [2.24, 2.45) is 5.92 Å². The fourth-order valence-electron chi connectivity index (χ4n) is 2.32. The summed E-state index contributed by atoms with van der Waals surface area (Å²) in [6, 6.07) is 5.69. The molecule has 0 saturated carbocycles. The highest BCUT2D eigenvalue weighted by Crippen LogP contribution is 2.26. The van der Waals surface area contributed by atoms with Crippen LogP contribution in [-0.4, -0.2) is 36.8 Å². The van der Waals surface area contributed by atoms with Gasteiger partial charge in [0.1, 0.15) is 5.75 Å². The predicted molar refractivity (Wildman–Crippen MR) is 68.5 cm³/mol. The Morgan fingerprint density at radius 3 is 3.00 bits per heavy atom. The Balaban J connectivity index is 2.05. The van der Waals surface area contributed by atoms with Crippen LogP contribution in [0.15, 0.2) is 18.2 Å². The van der Waals surface area contributed by atoms with Gasteiger partial charge in [0.25, 0.3) is 0 Å². The lowest BCUT2D eigenvalue weighted by molar-refractivity contribution is 0.219. The van der Waals surface area contributed by atoms with Crippen LogP contribution < -0.4 is 4.74 Å². The van der Waals surface area contributed by atoms with Gasteiger partial charge in [-0.1, -0.05) is 11.6 Å². The summed E-state index contributed by atoms with van der Waals surface area (Å²) in [5.41, 5.74) is 1.11. The van der Waals surface area contributed by atoms with Gasteiger partial charge in [0.15, 0.2) is 0 Å². The molecule has 1 aromatic rings. The average Bonchev–Trinajstić information content (AvgIpc) is 2.77. The molecule has 17 heavy (non-hydrogen) atoms. The Labute approximate surface area is 107 Å². The van der Waals surface area contributed by atoms with Crippen molar-refractivity contribution in [1.29, 1.82) is 0 Å². The highest BCUT2D eigenvalue weighted by Gasteiger charge is 2.22. The van der Waals surface area contributed by atoms with Crippen molar-refractivity contribution in [1.82, 2.24) is 4.90 Å². The SMILES string of the molecule is COc1ccc(Cl)cc1CN1CCC(CO)C1. The van der Waals surface area contributed by atoms with Gasteiger partial charge in [0, 0.05) is 30.3 Å². The standard InChI is InChI=1S/C13H18ClNO2/c1-17-13-3-2-12(14)6-11(13)8-15-5-4-10(7-15)9-16/h2-3,6,10,16H,4-5,7-9H2,1H3. The number of methoxy groups -OCH3 is 1. The van der Waals surface area contributed by atoms with Gasteiger partial charge < -0.3 is 9.84 Å². The zero-order valence-corrected chi connectivity index (χ0v) is 10.8. The van der Waals surface area contributed by atoms with Crippen LogP contribution >= 0.6 is 11.6 Å². The van der Waals surface area contributed by atoms with E-state index < -0.39 is 0 Å². The van der Waals surface area contributed by atoms with E-state index in [-0.39, 0.29) is 6.61 Å². The van der Waals surface area contributed by atoms with Crippen LogP contribution in [0.2, 0.25) is 5.02 Å². The topological polar surface area (TPSA) is 32.7 Å². The molecule has 1 fully saturated rings. The van der Waals surface area contributed by atoms with E-state index >= 15 is 0 Å². The maximum Gasteiger partial charge on any atom is 0.123 e. The smallest absolute Gasteiger partial charge is 0.123 e. The van der Waals surface area contributed by atoms with Crippen molar-refractivity contribution in [2.45, 2.75) is 13.0 Å². The number of hydrogen-bond acceptors (Lipinski definition) is 3. The minimum Gasteiger partial charge on any atom is -0.496 e. The van der Waals surface area contributed by atoms with E-state index in [0.29, 0.717) is 5.92 Å². The zero-order chi connectivity index (χ0) is 12.3. The number of likely N-dealkylation sites (tertiary alicyclic amines) is 1. The second-order valence-corrected chi connectivity index (χ2v) is 4.96. The molecule has 0 bridgehead atoms. The second-order valence-electron chi connectivity index (χ2n) is 4.53. The monoisotopic (exact) mass is 255 g/mol. The Morgan fingerprint density at radius 1 is 1.53 bits per heavy atom. The van der Waals surface area contributed by atoms with E-state index in [4.69, 9.17) is 21.4 Å². The van der Waals surface area contributed by atoms with Crippen LogP contribution in [0.5, 0.6) is 5.75 Å². The van der Waals surface area contributed by atoms with E-state index in [1.54, 1.807) is 7.11 Å². The van der Waals surface area contributed by atoms with Gasteiger partial charge in [-0.25, -0.2) is 0 Å². The number of nitrogens with zero attached hydrogens (tertiary/aromatic N) is 1. The lowest BCUT2D eigenvalue weighted by Gasteiger charge is -2.17. The molecule has 0 amide bonds. The molecule has 1 saturated heterocycles. The lowest BCUT2D eigenvalue weighted by atomic mass is 10.1. The molecule has 0 aliphatic carbocycles. The summed E-state index contributed by atoms with van der Waals surface area (Å²) in [6.45, 7) is 3.09. The number of benzene rings is 1. The molecule has 2 rings (SSSR count). The fraction of sp³-hybridized carbons (Fsp3) is 0.538. The first-order valence-corrected chi connectivity index (χ1v) is 6.26. The molecule has 1 aliphatic heterocycles. The number of rotatable bonds is 4. The van der Waals surface area contributed by atoms with E-state index in [1.807, 2.05) is 18.2 Å². The van der Waals surface area contributed by atoms with Gasteiger partial charge in [-0.05, 0) is 37.1 Å². The lowest BCUT2D eigenvalue weighted by Crippen LogP contribution is -2.21. The van der Waals surface area contributed by atoms with Gasteiger partial charge in [-0.3, -0.25) is 4.90 Å². The van der Waals surface area contributed by atoms with Crippen LogP contribution in [0.25, 0.3) is 0 Å². The Bertz CT molecular complexity index is 384. The van der Waals surface area contributed by atoms with Crippen molar-refractivity contribution in [2.75, 3.05) is 26.8 Å². The van der Waals surface area contributed by atoms with Crippen LogP contribution in [0.4, 0.5) is 0 Å². The first kappa shape index (κ1) is 12.7. The summed E-state index contributed by atoms with van der Waals surface area (Å²) in [5.74, 6) is 1.29. The molecule has 1 atom stereocenters. The zero-order valence-electron chi connectivity index (χ0n) is 10.0. The van der Waals surface area contributed by atoms with Crippen molar-refractivity contribution < 1.29 is 9.84 Å². The van der Waals surface area contributed by atoms with Crippen molar-refractivity contribution in [3.63, 3.8) is 0 Å². The number of aliphatic hydroxyl groups is 1. The fourth-order valence-corrected chi connectivity index (χ4v) is 2.51. The van der Waals surface area contributed by atoms with Crippen molar-refractivity contribution >= 4 is 11.6 Å². The third-order valence-electron chi connectivity index (χ3n) is 3.26. The molecule has 1 N–H and O–H groups in total. The van der Waals surface area contributed by atoms with E-state index in [2.05, 4.69) is 4.90 Å². The number of aliphatic hydroxyl groups excluding tert-OH is 1. The van der Waals surface area contributed by atoms with Crippen molar-refractivity contribution in [3.8, 4) is 5.75 Å². The third kappa shape index (κ3) is 3.12.